The Labute approximate surface area is 258 Å². The summed E-state index contributed by atoms with van der Waals surface area (Å²) in [5.74, 6) is 3.11. The van der Waals surface area contributed by atoms with Crippen molar-refractivity contribution in [3.63, 3.8) is 0 Å². The van der Waals surface area contributed by atoms with Crippen LogP contribution in [0.2, 0.25) is 0 Å². The van der Waals surface area contributed by atoms with E-state index in [1.807, 2.05) is 121 Å². The molecule has 0 unspecified atom stereocenters. The lowest BCUT2D eigenvalue weighted by Crippen LogP contribution is -2.56. The molecule has 0 radical (unpaired) electrons. The Morgan fingerprint density at radius 1 is 0.386 bits per heavy atom. The van der Waals surface area contributed by atoms with E-state index in [1.165, 1.54) is 0 Å². The van der Waals surface area contributed by atoms with Gasteiger partial charge in [0.05, 0.1) is 37.3 Å². The molecule has 4 aromatic rings. The molecule has 4 aromatic carbocycles. The van der Waals surface area contributed by atoms with Crippen LogP contribution in [-0.2, 0) is 18.9 Å². The largest absolute Gasteiger partial charge is 0.493 e. The Hall–Kier alpha value is -4.08. The predicted octanol–water partition coefficient (Wildman–Crippen LogP) is 6.02. The van der Waals surface area contributed by atoms with E-state index in [-0.39, 0.29) is 0 Å². The quantitative estimate of drug-likeness (QED) is 0.185. The average molecular weight is 599 g/mol. The summed E-state index contributed by atoms with van der Waals surface area (Å²) in [5, 5.41) is 0. The third-order valence-corrected chi connectivity index (χ3v) is 7.59. The summed E-state index contributed by atoms with van der Waals surface area (Å²) in [6.45, 7) is 2.83. The molecule has 2 heterocycles. The van der Waals surface area contributed by atoms with Crippen LogP contribution < -0.4 is 18.9 Å². The van der Waals surface area contributed by atoms with Crippen molar-refractivity contribution in [1.29, 1.82) is 0 Å². The van der Waals surface area contributed by atoms with Crippen LogP contribution in [0.25, 0.3) is 0 Å². The van der Waals surface area contributed by atoms with E-state index in [1.54, 1.807) is 0 Å². The standard InChI is InChI=1S/C36H38O8/c1-5-13-29(14-6-1)37-21-35(22-38-30-15-7-2-8-16-30)25-41-33(42-26-35)34-43-27-36(28-44-34,23-39-31-17-9-3-10-18-31)24-40-32-19-11-4-12-20-32/h1-20,33-34H,21-28H2. The van der Waals surface area contributed by atoms with Gasteiger partial charge in [0.25, 0.3) is 0 Å². The van der Waals surface area contributed by atoms with Crippen LogP contribution in [0.15, 0.2) is 121 Å². The molecule has 0 aliphatic carbocycles. The molecule has 2 aliphatic rings. The van der Waals surface area contributed by atoms with Gasteiger partial charge in [-0.1, -0.05) is 72.8 Å². The molecule has 2 fully saturated rings. The summed E-state index contributed by atoms with van der Waals surface area (Å²) in [5.41, 5.74) is -1.07. The summed E-state index contributed by atoms with van der Waals surface area (Å²) < 4.78 is 49.5. The van der Waals surface area contributed by atoms with E-state index in [0.717, 1.165) is 23.0 Å². The van der Waals surface area contributed by atoms with Gasteiger partial charge in [0, 0.05) is 0 Å². The van der Waals surface area contributed by atoms with Crippen molar-refractivity contribution < 1.29 is 37.9 Å². The molecule has 8 heteroatoms. The number of benzene rings is 4. The van der Waals surface area contributed by atoms with Gasteiger partial charge >= 0.3 is 0 Å². The van der Waals surface area contributed by atoms with Gasteiger partial charge < -0.3 is 37.9 Å². The summed E-state index contributed by atoms with van der Waals surface area (Å²) >= 11 is 0. The van der Waals surface area contributed by atoms with Crippen LogP contribution in [0.5, 0.6) is 23.0 Å². The summed E-state index contributed by atoms with van der Waals surface area (Å²) in [6.07, 6.45) is -1.39. The Bertz CT molecular complexity index is 1170. The molecule has 0 spiro atoms. The summed E-state index contributed by atoms with van der Waals surface area (Å²) in [6, 6.07) is 38.8. The van der Waals surface area contributed by atoms with Gasteiger partial charge in [-0.15, -0.1) is 0 Å². The van der Waals surface area contributed by atoms with Gasteiger partial charge in [-0.3, -0.25) is 0 Å². The zero-order valence-electron chi connectivity index (χ0n) is 24.6. The van der Waals surface area contributed by atoms with E-state index in [9.17, 15) is 0 Å². The number of para-hydroxylation sites is 4. The highest BCUT2D eigenvalue weighted by Crippen LogP contribution is 2.33. The minimum absolute atomic E-state index is 0.347. The third kappa shape index (κ3) is 8.09. The van der Waals surface area contributed by atoms with Crippen molar-refractivity contribution in [2.24, 2.45) is 10.8 Å². The van der Waals surface area contributed by atoms with Gasteiger partial charge in [-0.05, 0) is 48.5 Å². The first-order valence-electron chi connectivity index (χ1n) is 14.9. The molecule has 0 N–H and O–H groups in total. The van der Waals surface area contributed by atoms with Crippen LogP contribution in [0.1, 0.15) is 0 Å². The van der Waals surface area contributed by atoms with Crippen molar-refractivity contribution in [3.8, 4) is 23.0 Å². The minimum atomic E-state index is -0.695. The molecule has 0 atom stereocenters. The normalized spacial score (nSPS) is 18.3. The predicted molar refractivity (Wildman–Crippen MR) is 164 cm³/mol. The van der Waals surface area contributed by atoms with Crippen LogP contribution in [0.4, 0.5) is 0 Å². The molecule has 2 saturated heterocycles. The topological polar surface area (TPSA) is 73.8 Å². The highest BCUT2D eigenvalue weighted by Gasteiger charge is 2.46. The van der Waals surface area contributed by atoms with Gasteiger partial charge in [0.2, 0.25) is 12.6 Å². The second-order valence-corrected chi connectivity index (χ2v) is 11.4. The molecule has 8 nitrogen and oxygen atoms in total. The van der Waals surface area contributed by atoms with E-state index < -0.39 is 23.4 Å². The molecule has 0 amide bonds. The molecule has 230 valence electrons. The highest BCUT2D eigenvalue weighted by atomic mass is 16.8. The summed E-state index contributed by atoms with van der Waals surface area (Å²) in [7, 11) is 0. The first kappa shape index (κ1) is 30.0. The van der Waals surface area contributed by atoms with E-state index in [2.05, 4.69) is 0 Å². The number of rotatable bonds is 13. The number of ether oxygens (including phenoxy) is 8. The molecular weight excluding hydrogens is 560 g/mol. The lowest BCUT2D eigenvalue weighted by atomic mass is 9.90. The third-order valence-electron chi connectivity index (χ3n) is 7.59. The number of hydrogen-bond acceptors (Lipinski definition) is 8. The maximum atomic E-state index is 6.24. The zero-order valence-corrected chi connectivity index (χ0v) is 24.6. The molecule has 2 aliphatic heterocycles. The maximum Gasteiger partial charge on any atom is 0.209 e. The Morgan fingerprint density at radius 2 is 0.614 bits per heavy atom. The van der Waals surface area contributed by atoms with Crippen LogP contribution in [0, 0.1) is 10.8 Å². The van der Waals surface area contributed by atoms with Crippen molar-refractivity contribution in [2.75, 3.05) is 52.9 Å². The first-order valence-corrected chi connectivity index (χ1v) is 14.9. The Morgan fingerprint density at radius 3 is 0.841 bits per heavy atom. The summed E-state index contributed by atoms with van der Waals surface area (Å²) in [4.78, 5) is 0. The fourth-order valence-electron chi connectivity index (χ4n) is 4.96. The molecule has 6 rings (SSSR count). The minimum Gasteiger partial charge on any atom is -0.493 e. The molecule has 0 aromatic heterocycles. The Kier molecular flexibility index (Phi) is 9.94. The van der Waals surface area contributed by atoms with Crippen LogP contribution in [0.3, 0.4) is 0 Å². The molecular formula is C36H38O8. The van der Waals surface area contributed by atoms with E-state index in [4.69, 9.17) is 37.9 Å². The van der Waals surface area contributed by atoms with Crippen LogP contribution in [-0.4, -0.2) is 65.4 Å². The van der Waals surface area contributed by atoms with Crippen molar-refractivity contribution in [3.05, 3.63) is 121 Å². The van der Waals surface area contributed by atoms with Crippen molar-refractivity contribution in [1.82, 2.24) is 0 Å². The van der Waals surface area contributed by atoms with Crippen LogP contribution >= 0.6 is 0 Å². The smallest absolute Gasteiger partial charge is 0.209 e. The van der Waals surface area contributed by atoms with Crippen molar-refractivity contribution >= 4 is 0 Å². The van der Waals surface area contributed by atoms with Gasteiger partial charge in [-0.25, -0.2) is 0 Å². The lowest BCUT2D eigenvalue weighted by Gasteiger charge is -2.44. The van der Waals surface area contributed by atoms with Gasteiger partial charge in [0.15, 0.2) is 0 Å². The molecule has 0 bridgehead atoms. The molecule has 44 heavy (non-hydrogen) atoms. The van der Waals surface area contributed by atoms with Gasteiger partial charge in [0.1, 0.15) is 49.4 Å². The second-order valence-electron chi connectivity index (χ2n) is 11.4. The SMILES string of the molecule is c1ccc(OCC2(COc3ccccc3)COC(C3OCC(COc4ccccc4)(COc4ccccc4)CO3)OC2)cc1. The molecule has 0 saturated carbocycles. The van der Waals surface area contributed by atoms with E-state index >= 15 is 0 Å². The fraction of sp³-hybridized carbons (Fsp3) is 0.333. The Balaban J connectivity index is 1.07. The maximum absolute atomic E-state index is 6.24. The van der Waals surface area contributed by atoms with Crippen molar-refractivity contribution in [2.45, 2.75) is 12.6 Å². The fourth-order valence-corrected chi connectivity index (χ4v) is 4.96. The number of hydrogen-bond donors (Lipinski definition) is 0. The lowest BCUT2D eigenvalue weighted by molar-refractivity contribution is -0.355. The second kappa shape index (κ2) is 14.6. The monoisotopic (exact) mass is 598 g/mol. The first-order chi connectivity index (χ1) is 21.7. The highest BCUT2D eigenvalue weighted by molar-refractivity contribution is 5.23. The van der Waals surface area contributed by atoms with E-state index in [0.29, 0.717) is 52.9 Å². The average Bonchev–Trinajstić information content (AvgIpc) is 3.11. The van der Waals surface area contributed by atoms with Gasteiger partial charge in [-0.2, -0.15) is 0 Å². The zero-order chi connectivity index (χ0) is 29.9.